The Hall–Kier alpha value is -2.38. The highest BCUT2D eigenvalue weighted by molar-refractivity contribution is 7.92. The van der Waals surface area contributed by atoms with Crippen LogP contribution in [0, 0.1) is 0 Å². The van der Waals surface area contributed by atoms with Gasteiger partial charge in [0.25, 0.3) is 0 Å². The Morgan fingerprint density at radius 2 is 1.70 bits per heavy atom. The monoisotopic (exact) mass is 430 g/mol. The third-order valence-corrected chi connectivity index (χ3v) is 7.77. The molecule has 2 aromatic rings. The van der Waals surface area contributed by atoms with Crippen LogP contribution in [-0.4, -0.2) is 37.4 Å². The molecule has 0 bridgehead atoms. The van der Waals surface area contributed by atoms with Crippen molar-refractivity contribution in [2.24, 2.45) is 5.73 Å². The minimum Gasteiger partial charge on any atom is -0.444 e. The zero-order valence-electron chi connectivity index (χ0n) is 17.9. The van der Waals surface area contributed by atoms with Crippen molar-refractivity contribution in [2.45, 2.75) is 61.3 Å². The maximum Gasteiger partial charge on any atom is 0.408 e. The Morgan fingerprint density at radius 3 is 2.20 bits per heavy atom. The van der Waals surface area contributed by atoms with Gasteiger partial charge < -0.3 is 15.8 Å². The predicted molar refractivity (Wildman–Crippen MR) is 117 cm³/mol. The lowest BCUT2D eigenvalue weighted by Gasteiger charge is -2.24. The molecule has 1 saturated carbocycles. The van der Waals surface area contributed by atoms with Crippen molar-refractivity contribution in [1.82, 2.24) is 5.32 Å². The van der Waals surface area contributed by atoms with Crippen molar-refractivity contribution in [3.63, 3.8) is 0 Å². The van der Waals surface area contributed by atoms with Gasteiger partial charge in [-0.1, -0.05) is 49.4 Å². The number of hydrogen-bond donors (Lipinski definition) is 2. The van der Waals surface area contributed by atoms with Crippen LogP contribution in [0.1, 0.15) is 44.7 Å². The molecule has 30 heavy (non-hydrogen) atoms. The molecular weight excluding hydrogens is 400 g/mol. The molecule has 6 nitrogen and oxygen atoms in total. The molecule has 3 N–H and O–H groups in total. The molecule has 0 aliphatic heterocycles. The van der Waals surface area contributed by atoms with Crippen LogP contribution in [0.2, 0.25) is 0 Å². The normalized spacial score (nSPS) is 23.6. The second-order valence-corrected chi connectivity index (χ2v) is 10.8. The largest absolute Gasteiger partial charge is 0.444 e. The first-order chi connectivity index (χ1) is 14.0. The van der Waals surface area contributed by atoms with E-state index in [2.05, 4.69) is 12.2 Å². The van der Waals surface area contributed by atoms with E-state index in [-0.39, 0.29) is 11.4 Å². The number of hydrogen-bond acceptors (Lipinski definition) is 5. The number of sulfone groups is 1. The van der Waals surface area contributed by atoms with Gasteiger partial charge in [0.2, 0.25) is 0 Å². The van der Waals surface area contributed by atoms with E-state index >= 15 is 0 Å². The third-order valence-electron chi connectivity index (χ3n) is 5.48. The minimum atomic E-state index is -3.74. The highest BCUT2D eigenvalue weighted by Crippen LogP contribution is 2.57. The summed E-state index contributed by atoms with van der Waals surface area (Å²) < 4.78 is 32.4. The van der Waals surface area contributed by atoms with E-state index in [0.717, 1.165) is 17.5 Å². The van der Waals surface area contributed by atoms with E-state index in [1.54, 1.807) is 51.1 Å². The molecule has 0 radical (unpaired) electrons. The average Bonchev–Trinajstić information content (AvgIpc) is 3.36. The molecule has 1 amide bonds. The van der Waals surface area contributed by atoms with Crippen LogP contribution in [-0.2, 0) is 21.0 Å². The summed E-state index contributed by atoms with van der Waals surface area (Å²) in [6.45, 7) is 7.31. The number of aryl methyl sites for hydroxylation is 1. The van der Waals surface area contributed by atoms with Crippen molar-refractivity contribution in [1.29, 1.82) is 0 Å². The Kier molecular flexibility index (Phi) is 5.98. The van der Waals surface area contributed by atoms with Gasteiger partial charge in [0.05, 0.1) is 10.4 Å². The number of carbonyl (C=O) groups excluding carboxylic acids is 1. The molecular formula is C23H30N2O4S. The van der Waals surface area contributed by atoms with Crippen LogP contribution in [0.15, 0.2) is 59.5 Å². The second-order valence-electron chi connectivity index (χ2n) is 8.72. The molecule has 3 rings (SSSR count). The average molecular weight is 431 g/mol. The molecule has 1 fully saturated rings. The van der Waals surface area contributed by atoms with Crippen molar-refractivity contribution in [3.05, 3.63) is 65.7 Å². The first kappa shape index (κ1) is 22.3. The number of ether oxygens (including phenoxy) is 1. The summed E-state index contributed by atoms with van der Waals surface area (Å²) in [6, 6.07) is 16.1. The topological polar surface area (TPSA) is 98.5 Å². The summed E-state index contributed by atoms with van der Waals surface area (Å²) in [7, 11) is -3.74. The van der Waals surface area contributed by atoms with E-state index in [0.29, 0.717) is 0 Å². The lowest BCUT2D eigenvalue weighted by Crippen LogP contribution is -2.49. The second kappa shape index (κ2) is 8.04. The highest BCUT2D eigenvalue weighted by atomic mass is 32.2. The number of nitrogens with one attached hydrogen (secondary N) is 1. The first-order valence-electron chi connectivity index (χ1n) is 10.1. The van der Waals surface area contributed by atoms with Gasteiger partial charge in [0, 0.05) is 12.5 Å². The van der Waals surface area contributed by atoms with Gasteiger partial charge in [-0.2, -0.15) is 0 Å². The van der Waals surface area contributed by atoms with E-state index in [4.69, 9.17) is 10.5 Å². The van der Waals surface area contributed by atoms with Gasteiger partial charge >= 0.3 is 6.09 Å². The Balaban J connectivity index is 2.02. The summed E-state index contributed by atoms with van der Waals surface area (Å²) in [5.74, 6) is -0.467. The fourth-order valence-corrected chi connectivity index (χ4v) is 6.35. The summed E-state index contributed by atoms with van der Waals surface area (Å²) in [6.07, 6.45) is 0.211. The maximum atomic E-state index is 13.5. The van der Waals surface area contributed by atoms with Crippen molar-refractivity contribution in [2.75, 3.05) is 6.54 Å². The van der Waals surface area contributed by atoms with Crippen molar-refractivity contribution >= 4 is 15.9 Å². The summed E-state index contributed by atoms with van der Waals surface area (Å²) in [5.41, 5.74) is 6.24. The molecule has 2 aromatic carbocycles. The molecule has 3 atom stereocenters. The quantitative estimate of drug-likeness (QED) is 0.732. The molecule has 7 heteroatoms. The molecule has 0 aromatic heterocycles. The van der Waals surface area contributed by atoms with E-state index in [1.165, 1.54) is 0 Å². The number of nitrogens with two attached hydrogens (primary N) is 1. The minimum absolute atomic E-state index is 0.0246. The van der Waals surface area contributed by atoms with Crippen molar-refractivity contribution in [3.8, 4) is 0 Å². The lowest BCUT2D eigenvalue weighted by atomic mass is 10.0. The van der Waals surface area contributed by atoms with Gasteiger partial charge in [-0.15, -0.1) is 0 Å². The molecule has 1 aliphatic carbocycles. The predicted octanol–water partition coefficient (Wildman–Crippen LogP) is 3.41. The SMILES string of the molecule is CCc1ccc(C2C(S(=O)(=O)c3ccccc3)C2(CN)NC(=O)OC(C)(C)C)cc1. The fraction of sp³-hybridized carbons (Fsp3) is 0.435. The molecule has 3 unspecified atom stereocenters. The summed E-state index contributed by atoms with van der Waals surface area (Å²) >= 11 is 0. The Labute approximate surface area is 178 Å². The van der Waals surface area contributed by atoms with Gasteiger partial charge in [0.15, 0.2) is 9.84 Å². The van der Waals surface area contributed by atoms with E-state index < -0.39 is 38.2 Å². The highest BCUT2D eigenvalue weighted by Gasteiger charge is 2.71. The number of amides is 1. The summed E-state index contributed by atoms with van der Waals surface area (Å²) in [4.78, 5) is 12.8. The van der Waals surface area contributed by atoms with Crippen LogP contribution < -0.4 is 11.1 Å². The number of alkyl carbamates (subject to hydrolysis) is 1. The lowest BCUT2D eigenvalue weighted by molar-refractivity contribution is 0.0497. The molecule has 0 heterocycles. The number of benzene rings is 2. The van der Waals surface area contributed by atoms with Crippen LogP contribution in [0.25, 0.3) is 0 Å². The fourth-order valence-electron chi connectivity index (χ4n) is 3.99. The van der Waals surface area contributed by atoms with Crippen molar-refractivity contribution < 1.29 is 17.9 Å². The van der Waals surface area contributed by atoms with Crippen LogP contribution in [0.4, 0.5) is 4.79 Å². The maximum absolute atomic E-state index is 13.5. The summed E-state index contributed by atoms with van der Waals surface area (Å²) in [5, 5.41) is 1.93. The zero-order valence-corrected chi connectivity index (χ0v) is 18.7. The zero-order chi connectivity index (χ0) is 22.2. The Morgan fingerprint density at radius 1 is 1.10 bits per heavy atom. The standard InChI is InChI=1S/C23H30N2O4S/c1-5-16-11-13-17(14-12-16)19-20(30(27,28)18-9-7-6-8-10-18)23(19,15-24)25-21(26)29-22(2,3)4/h6-14,19-20H,5,15,24H2,1-4H3,(H,25,26). The van der Waals surface area contributed by atoms with Crippen LogP contribution in [0.5, 0.6) is 0 Å². The smallest absolute Gasteiger partial charge is 0.408 e. The van der Waals surface area contributed by atoms with Crippen LogP contribution >= 0.6 is 0 Å². The van der Waals surface area contributed by atoms with Crippen LogP contribution in [0.3, 0.4) is 0 Å². The van der Waals surface area contributed by atoms with Gasteiger partial charge in [-0.05, 0) is 50.5 Å². The van der Waals surface area contributed by atoms with Gasteiger partial charge in [-0.25, -0.2) is 13.2 Å². The molecule has 162 valence electrons. The number of carbonyl (C=O) groups is 1. The van der Waals surface area contributed by atoms with E-state index in [9.17, 15) is 13.2 Å². The molecule has 0 spiro atoms. The number of rotatable bonds is 6. The Bertz CT molecular complexity index is 998. The van der Waals surface area contributed by atoms with Gasteiger partial charge in [0.1, 0.15) is 10.9 Å². The van der Waals surface area contributed by atoms with Gasteiger partial charge in [-0.3, -0.25) is 0 Å². The molecule has 0 saturated heterocycles. The first-order valence-corrected chi connectivity index (χ1v) is 11.7. The van der Waals surface area contributed by atoms with E-state index in [1.807, 2.05) is 24.3 Å². The molecule has 1 aliphatic rings. The third kappa shape index (κ3) is 4.23.